The third-order valence-corrected chi connectivity index (χ3v) is 3.82. The van der Waals surface area contributed by atoms with Crippen molar-refractivity contribution in [3.63, 3.8) is 0 Å². The quantitative estimate of drug-likeness (QED) is 0.685. The second kappa shape index (κ2) is 8.21. The Hall–Kier alpha value is -1.31. The normalized spacial score (nSPS) is 11.5. The summed E-state index contributed by atoms with van der Waals surface area (Å²) in [5.74, 6) is 1.63. The largest absolute Gasteiger partial charge is 0.326 e. The third kappa shape index (κ3) is 5.53. The Morgan fingerprint density at radius 2 is 1.52 bits per heavy atom. The summed E-state index contributed by atoms with van der Waals surface area (Å²) in [4.78, 5) is 12.2. The Morgan fingerprint density at radius 3 is 1.95 bits per heavy atom. The Labute approximate surface area is 130 Å². The Balaban J connectivity index is 2.87. The van der Waals surface area contributed by atoms with Gasteiger partial charge in [-0.25, -0.2) is 0 Å². The van der Waals surface area contributed by atoms with Crippen molar-refractivity contribution in [3.05, 3.63) is 29.3 Å². The molecule has 0 atom stereocenters. The van der Waals surface area contributed by atoms with Gasteiger partial charge in [0, 0.05) is 12.1 Å². The fraction of sp³-hybridized carbons (Fsp3) is 0.632. The summed E-state index contributed by atoms with van der Waals surface area (Å²) in [6.45, 7) is 13.1. The smallest absolute Gasteiger partial charge is 0.224 e. The molecule has 1 N–H and O–H groups in total. The van der Waals surface area contributed by atoms with Gasteiger partial charge in [-0.05, 0) is 35.3 Å². The molecule has 0 aliphatic heterocycles. The molecular formula is C19H31NO. The number of nitrogens with one attached hydrogen (secondary N) is 1. The van der Waals surface area contributed by atoms with Crippen LogP contribution in [0.15, 0.2) is 18.2 Å². The van der Waals surface area contributed by atoms with Crippen LogP contribution >= 0.6 is 0 Å². The van der Waals surface area contributed by atoms with E-state index in [9.17, 15) is 4.79 Å². The van der Waals surface area contributed by atoms with E-state index in [-0.39, 0.29) is 5.91 Å². The number of carbonyl (C=O) groups is 1. The van der Waals surface area contributed by atoms with Crippen molar-refractivity contribution in [1.82, 2.24) is 0 Å². The van der Waals surface area contributed by atoms with Gasteiger partial charge in [0.15, 0.2) is 0 Å². The molecule has 0 unspecified atom stereocenters. The summed E-state index contributed by atoms with van der Waals surface area (Å²) in [7, 11) is 0. The van der Waals surface area contributed by atoms with E-state index in [4.69, 9.17) is 0 Å². The van der Waals surface area contributed by atoms with E-state index in [1.807, 2.05) is 0 Å². The molecule has 1 aromatic rings. The number of carbonyl (C=O) groups excluding carboxylic acids is 1. The van der Waals surface area contributed by atoms with Crippen LogP contribution in [0.5, 0.6) is 0 Å². The highest BCUT2D eigenvalue weighted by Crippen LogP contribution is 2.32. The molecule has 0 fully saturated rings. The van der Waals surface area contributed by atoms with Gasteiger partial charge in [0.05, 0.1) is 0 Å². The second-order valence-electron chi connectivity index (χ2n) is 6.96. The molecule has 1 amide bonds. The molecule has 0 aliphatic carbocycles. The summed E-state index contributed by atoms with van der Waals surface area (Å²) < 4.78 is 0. The molecule has 0 spiro atoms. The summed E-state index contributed by atoms with van der Waals surface area (Å²) in [5, 5.41) is 3.18. The van der Waals surface area contributed by atoms with Crippen molar-refractivity contribution in [2.75, 3.05) is 5.32 Å². The van der Waals surface area contributed by atoms with Crippen LogP contribution in [-0.4, -0.2) is 5.91 Å². The highest BCUT2D eigenvalue weighted by molar-refractivity contribution is 5.92. The van der Waals surface area contributed by atoms with Crippen LogP contribution < -0.4 is 5.32 Å². The molecule has 2 nitrogen and oxygen atoms in total. The van der Waals surface area contributed by atoms with Crippen LogP contribution in [0.3, 0.4) is 0 Å². The van der Waals surface area contributed by atoms with E-state index < -0.39 is 0 Å². The maximum atomic E-state index is 12.2. The predicted octanol–water partition coefficient (Wildman–Crippen LogP) is 5.70. The van der Waals surface area contributed by atoms with Crippen LogP contribution in [0.4, 0.5) is 5.69 Å². The lowest BCUT2D eigenvalue weighted by molar-refractivity contribution is -0.116. The average Bonchev–Trinajstić information content (AvgIpc) is 2.37. The molecule has 1 rings (SSSR count). The summed E-state index contributed by atoms with van der Waals surface area (Å²) >= 11 is 0. The van der Waals surface area contributed by atoms with Crippen LogP contribution in [0.1, 0.15) is 83.8 Å². The number of benzene rings is 1. The monoisotopic (exact) mass is 289 g/mol. The second-order valence-corrected chi connectivity index (χ2v) is 6.96. The third-order valence-electron chi connectivity index (χ3n) is 3.82. The first kappa shape index (κ1) is 17.7. The van der Waals surface area contributed by atoms with Crippen LogP contribution in [-0.2, 0) is 4.79 Å². The number of anilines is 1. The lowest BCUT2D eigenvalue weighted by Gasteiger charge is -2.20. The molecule has 1 aromatic carbocycles. The van der Waals surface area contributed by atoms with Crippen molar-refractivity contribution in [2.24, 2.45) is 5.92 Å². The van der Waals surface area contributed by atoms with Crippen molar-refractivity contribution < 1.29 is 4.79 Å². The van der Waals surface area contributed by atoms with Gasteiger partial charge < -0.3 is 5.32 Å². The van der Waals surface area contributed by atoms with Gasteiger partial charge in [-0.3, -0.25) is 4.79 Å². The lowest BCUT2D eigenvalue weighted by Crippen LogP contribution is -2.15. The maximum absolute atomic E-state index is 12.2. The standard InChI is InChI=1S/C19H31NO/c1-13(2)9-7-12-18(21)20-19-16(14(3)4)10-8-11-17(19)15(5)6/h8,10-11,13-15H,7,9,12H2,1-6H3,(H,20,21). The van der Waals surface area contributed by atoms with Crippen LogP contribution in [0, 0.1) is 5.92 Å². The molecule has 21 heavy (non-hydrogen) atoms. The van der Waals surface area contributed by atoms with E-state index in [1.54, 1.807) is 0 Å². The molecule has 2 heteroatoms. The Kier molecular flexibility index (Phi) is 6.94. The van der Waals surface area contributed by atoms with E-state index in [0.717, 1.165) is 18.5 Å². The summed E-state index contributed by atoms with van der Waals surface area (Å²) in [6.07, 6.45) is 2.68. The molecular weight excluding hydrogens is 258 g/mol. The minimum absolute atomic E-state index is 0.144. The number of para-hydroxylation sites is 1. The molecule has 0 saturated heterocycles. The summed E-state index contributed by atoms with van der Waals surface area (Å²) in [5.41, 5.74) is 3.51. The van der Waals surface area contributed by atoms with Crippen LogP contribution in [0.25, 0.3) is 0 Å². The minimum Gasteiger partial charge on any atom is -0.326 e. The molecule has 118 valence electrons. The SMILES string of the molecule is CC(C)CCCC(=O)Nc1c(C(C)C)cccc1C(C)C. The van der Waals surface area contributed by atoms with E-state index in [2.05, 4.69) is 65.1 Å². The Bertz CT molecular complexity index is 434. The highest BCUT2D eigenvalue weighted by atomic mass is 16.1. The van der Waals surface area contributed by atoms with Crippen molar-refractivity contribution in [3.8, 4) is 0 Å². The first-order valence-electron chi connectivity index (χ1n) is 8.25. The van der Waals surface area contributed by atoms with Gasteiger partial charge in [0.2, 0.25) is 5.91 Å². The zero-order valence-corrected chi connectivity index (χ0v) is 14.5. The number of hydrogen-bond acceptors (Lipinski definition) is 1. The first-order valence-corrected chi connectivity index (χ1v) is 8.25. The number of amides is 1. The van der Waals surface area contributed by atoms with Gasteiger partial charge in [-0.2, -0.15) is 0 Å². The predicted molar refractivity (Wildman–Crippen MR) is 91.9 cm³/mol. The molecule has 0 bridgehead atoms. The Morgan fingerprint density at radius 1 is 1.00 bits per heavy atom. The molecule has 0 radical (unpaired) electrons. The van der Waals surface area contributed by atoms with E-state index >= 15 is 0 Å². The topological polar surface area (TPSA) is 29.1 Å². The van der Waals surface area contributed by atoms with Gasteiger partial charge in [0.1, 0.15) is 0 Å². The number of hydrogen-bond donors (Lipinski definition) is 1. The number of rotatable bonds is 7. The van der Waals surface area contributed by atoms with Gasteiger partial charge in [-0.1, -0.05) is 66.2 Å². The highest BCUT2D eigenvalue weighted by Gasteiger charge is 2.15. The van der Waals surface area contributed by atoms with Gasteiger partial charge >= 0.3 is 0 Å². The van der Waals surface area contributed by atoms with Crippen molar-refractivity contribution in [2.45, 2.75) is 72.6 Å². The van der Waals surface area contributed by atoms with Crippen LogP contribution in [0.2, 0.25) is 0 Å². The van der Waals surface area contributed by atoms with Crippen molar-refractivity contribution in [1.29, 1.82) is 0 Å². The van der Waals surface area contributed by atoms with Gasteiger partial charge in [0.25, 0.3) is 0 Å². The maximum Gasteiger partial charge on any atom is 0.224 e. The van der Waals surface area contributed by atoms with E-state index in [0.29, 0.717) is 24.2 Å². The molecule has 0 aromatic heterocycles. The average molecular weight is 289 g/mol. The van der Waals surface area contributed by atoms with E-state index in [1.165, 1.54) is 11.1 Å². The minimum atomic E-state index is 0.144. The fourth-order valence-electron chi connectivity index (χ4n) is 2.57. The fourth-order valence-corrected chi connectivity index (χ4v) is 2.57. The molecule has 0 heterocycles. The molecule has 0 aliphatic rings. The van der Waals surface area contributed by atoms with Gasteiger partial charge in [-0.15, -0.1) is 0 Å². The zero-order chi connectivity index (χ0) is 16.0. The van der Waals surface area contributed by atoms with Crippen molar-refractivity contribution >= 4 is 11.6 Å². The zero-order valence-electron chi connectivity index (χ0n) is 14.5. The first-order chi connectivity index (χ1) is 9.82. The lowest BCUT2D eigenvalue weighted by atomic mass is 9.92. The summed E-state index contributed by atoms with van der Waals surface area (Å²) in [6, 6.07) is 6.35. The molecule has 0 saturated carbocycles.